The molecule has 2 aromatic carbocycles. The molecule has 0 unspecified atom stereocenters. The van der Waals surface area contributed by atoms with E-state index in [1.54, 1.807) is 24.3 Å². The van der Waals surface area contributed by atoms with Gasteiger partial charge in [0.25, 0.3) is 0 Å². The molecule has 0 radical (unpaired) electrons. The van der Waals surface area contributed by atoms with Gasteiger partial charge in [-0.2, -0.15) is 0 Å². The van der Waals surface area contributed by atoms with E-state index in [1.807, 2.05) is 13.0 Å². The normalized spacial score (nSPS) is 10.5. The van der Waals surface area contributed by atoms with Crippen LogP contribution in [0.4, 0.5) is 0 Å². The molecule has 0 aliphatic carbocycles. The number of hydrogen-bond donors (Lipinski definition) is 2. The molecule has 116 valence electrons. The molecular weight excluding hydrogens is 327 g/mol. The molecule has 0 amide bonds. The van der Waals surface area contributed by atoms with E-state index in [2.05, 4.69) is 0 Å². The zero-order valence-corrected chi connectivity index (χ0v) is 13.3. The molecule has 22 heavy (non-hydrogen) atoms. The van der Waals surface area contributed by atoms with Crippen LogP contribution in [-0.4, -0.2) is 22.8 Å². The molecule has 0 aliphatic rings. The fraction of sp³-hybridized carbons (Fsp3) is 0.188. The minimum absolute atomic E-state index is 0.235. The summed E-state index contributed by atoms with van der Waals surface area (Å²) in [5.41, 5.74) is 2.44. The number of aromatic hydroxyl groups is 1. The van der Waals surface area contributed by atoms with Crippen LogP contribution >= 0.6 is 23.2 Å². The Morgan fingerprint density at radius 1 is 1.18 bits per heavy atom. The highest BCUT2D eigenvalue weighted by atomic mass is 35.5. The highest BCUT2D eigenvalue weighted by Crippen LogP contribution is 2.32. The fourth-order valence-corrected chi connectivity index (χ4v) is 2.61. The van der Waals surface area contributed by atoms with E-state index in [4.69, 9.17) is 33.0 Å². The Kier molecular flexibility index (Phi) is 5.16. The predicted molar refractivity (Wildman–Crippen MR) is 85.2 cm³/mol. The Labute approximate surface area is 137 Å². The third kappa shape index (κ3) is 4.06. The van der Waals surface area contributed by atoms with Crippen molar-refractivity contribution in [2.24, 2.45) is 0 Å². The van der Waals surface area contributed by atoms with Crippen LogP contribution in [0.1, 0.15) is 16.7 Å². The smallest absolute Gasteiger partial charge is 0.341 e. The van der Waals surface area contributed by atoms with Crippen LogP contribution in [-0.2, 0) is 11.2 Å². The number of ether oxygens (including phenoxy) is 1. The number of aliphatic carboxylic acids is 1. The van der Waals surface area contributed by atoms with Crippen LogP contribution in [0.2, 0.25) is 10.0 Å². The van der Waals surface area contributed by atoms with Crippen molar-refractivity contribution in [3.05, 3.63) is 57.1 Å². The molecule has 0 aliphatic heterocycles. The summed E-state index contributed by atoms with van der Waals surface area (Å²) in [4.78, 5) is 10.5. The Morgan fingerprint density at radius 3 is 2.36 bits per heavy atom. The van der Waals surface area contributed by atoms with Crippen molar-refractivity contribution in [2.75, 3.05) is 6.61 Å². The third-order valence-electron chi connectivity index (χ3n) is 3.12. The van der Waals surface area contributed by atoms with Crippen LogP contribution in [0.15, 0.2) is 30.3 Å². The van der Waals surface area contributed by atoms with E-state index in [-0.39, 0.29) is 5.75 Å². The van der Waals surface area contributed by atoms with Gasteiger partial charge in [0, 0.05) is 16.5 Å². The summed E-state index contributed by atoms with van der Waals surface area (Å²) in [5.74, 6) is -0.530. The van der Waals surface area contributed by atoms with Crippen molar-refractivity contribution in [1.82, 2.24) is 0 Å². The molecule has 2 rings (SSSR count). The van der Waals surface area contributed by atoms with Gasteiger partial charge in [-0.05, 0) is 41.8 Å². The Bertz CT molecular complexity index is 690. The first-order chi connectivity index (χ1) is 10.4. The van der Waals surface area contributed by atoms with Gasteiger partial charge in [0.15, 0.2) is 6.61 Å². The second kappa shape index (κ2) is 6.90. The molecule has 0 aromatic heterocycles. The molecule has 0 atom stereocenters. The number of carbonyl (C=O) groups is 1. The van der Waals surface area contributed by atoms with Crippen LogP contribution in [0.3, 0.4) is 0 Å². The van der Waals surface area contributed by atoms with Gasteiger partial charge in [-0.3, -0.25) is 0 Å². The van der Waals surface area contributed by atoms with Gasteiger partial charge in [0.1, 0.15) is 11.5 Å². The number of hydrogen-bond acceptors (Lipinski definition) is 3. The van der Waals surface area contributed by atoms with E-state index in [1.165, 1.54) is 0 Å². The molecule has 0 heterocycles. The van der Waals surface area contributed by atoms with E-state index in [0.717, 1.165) is 16.7 Å². The highest BCUT2D eigenvalue weighted by molar-refractivity contribution is 6.36. The summed E-state index contributed by atoms with van der Waals surface area (Å²) < 4.78 is 5.07. The van der Waals surface area contributed by atoms with Crippen molar-refractivity contribution >= 4 is 29.2 Å². The quantitative estimate of drug-likeness (QED) is 0.861. The minimum Gasteiger partial charge on any atom is -0.508 e. The molecule has 0 fully saturated rings. The lowest BCUT2D eigenvalue weighted by Gasteiger charge is -2.11. The summed E-state index contributed by atoms with van der Waals surface area (Å²) in [5, 5.41) is 18.9. The van der Waals surface area contributed by atoms with E-state index >= 15 is 0 Å². The van der Waals surface area contributed by atoms with Gasteiger partial charge >= 0.3 is 5.97 Å². The number of halogens is 2. The van der Waals surface area contributed by atoms with Crippen molar-refractivity contribution in [1.29, 1.82) is 0 Å². The number of phenols is 1. The molecule has 0 spiro atoms. The van der Waals surface area contributed by atoms with Gasteiger partial charge in [-0.25, -0.2) is 4.79 Å². The maximum absolute atomic E-state index is 10.5. The number of rotatable bonds is 5. The summed E-state index contributed by atoms with van der Waals surface area (Å²) in [6, 6.07) is 8.36. The maximum atomic E-state index is 10.5. The third-order valence-corrected chi connectivity index (χ3v) is 3.79. The zero-order chi connectivity index (χ0) is 16.3. The minimum atomic E-state index is -1.07. The maximum Gasteiger partial charge on any atom is 0.341 e. The lowest BCUT2D eigenvalue weighted by Crippen LogP contribution is -2.09. The van der Waals surface area contributed by atoms with Gasteiger partial charge < -0.3 is 14.9 Å². The Balaban J connectivity index is 2.24. The molecule has 0 saturated carbocycles. The van der Waals surface area contributed by atoms with Crippen LogP contribution in [0, 0.1) is 6.92 Å². The average molecular weight is 341 g/mol. The topological polar surface area (TPSA) is 66.8 Å². The number of carboxylic acid groups (broad SMARTS) is 1. The zero-order valence-electron chi connectivity index (χ0n) is 11.8. The predicted octanol–water partition coefficient (Wildman–Crippen LogP) is 4.06. The Hall–Kier alpha value is -1.91. The van der Waals surface area contributed by atoms with Gasteiger partial charge in [-0.1, -0.05) is 35.3 Å². The molecular formula is C16H14Cl2O4. The molecule has 4 nitrogen and oxygen atoms in total. The lowest BCUT2D eigenvalue weighted by molar-refractivity contribution is -0.139. The van der Waals surface area contributed by atoms with Crippen LogP contribution < -0.4 is 4.74 Å². The van der Waals surface area contributed by atoms with Crippen LogP contribution in [0.5, 0.6) is 11.5 Å². The monoisotopic (exact) mass is 340 g/mol. The molecule has 0 saturated heterocycles. The number of aryl methyl sites for hydroxylation is 1. The van der Waals surface area contributed by atoms with Gasteiger partial charge in [0.05, 0.1) is 0 Å². The fourth-order valence-electron chi connectivity index (χ4n) is 2.01. The summed E-state index contributed by atoms with van der Waals surface area (Å²) >= 11 is 12.4. The van der Waals surface area contributed by atoms with E-state index in [0.29, 0.717) is 22.2 Å². The van der Waals surface area contributed by atoms with E-state index in [9.17, 15) is 9.90 Å². The van der Waals surface area contributed by atoms with Crippen molar-refractivity contribution in [3.8, 4) is 11.5 Å². The lowest BCUT2D eigenvalue weighted by atomic mass is 10.0. The van der Waals surface area contributed by atoms with Crippen molar-refractivity contribution in [2.45, 2.75) is 13.3 Å². The van der Waals surface area contributed by atoms with Gasteiger partial charge in [-0.15, -0.1) is 0 Å². The summed E-state index contributed by atoms with van der Waals surface area (Å²) in [6.07, 6.45) is 0.498. The van der Waals surface area contributed by atoms with Crippen molar-refractivity contribution < 1.29 is 19.7 Å². The van der Waals surface area contributed by atoms with Crippen LogP contribution in [0.25, 0.3) is 0 Å². The number of benzene rings is 2. The molecule has 0 bridgehead atoms. The average Bonchev–Trinajstić information content (AvgIpc) is 2.44. The first-order valence-electron chi connectivity index (χ1n) is 6.48. The number of phenolic OH excluding ortho intramolecular Hbond substituents is 1. The molecule has 2 aromatic rings. The summed E-state index contributed by atoms with van der Waals surface area (Å²) in [6.45, 7) is 1.36. The number of carboxylic acids is 1. The SMILES string of the molecule is Cc1cc(Cc2c(Cl)cc(OCC(=O)O)cc2Cl)ccc1O. The van der Waals surface area contributed by atoms with Crippen molar-refractivity contribution in [3.63, 3.8) is 0 Å². The first kappa shape index (κ1) is 16.5. The Morgan fingerprint density at radius 2 is 1.82 bits per heavy atom. The second-order valence-corrected chi connectivity index (χ2v) is 5.66. The second-order valence-electron chi connectivity index (χ2n) is 4.85. The molecule has 6 heteroatoms. The summed E-state index contributed by atoms with van der Waals surface area (Å²) in [7, 11) is 0. The van der Waals surface area contributed by atoms with E-state index < -0.39 is 12.6 Å². The van der Waals surface area contributed by atoms with Gasteiger partial charge in [0.2, 0.25) is 0 Å². The molecule has 2 N–H and O–H groups in total. The first-order valence-corrected chi connectivity index (χ1v) is 7.23. The highest BCUT2D eigenvalue weighted by Gasteiger charge is 2.11. The standard InChI is InChI=1S/C16H14Cl2O4/c1-9-4-10(2-3-15(9)19)5-12-13(17)6-11(7-14(12)18)22-8-16(20)21/h2-4,6-7,19H,5,8H2,1H3,(H,20,21). The largest absolute Gasteiger partial charge is 0.508 e.